The van der Waals surface area contributed by atoms with Gasteiger partial charge in [0.15, 0.2) is 0 Å². The Labute approximate surface area is 253 Å². The summed E-state index contributed by atoms with van der Waals surface area (Å²) >= 11 is 0. The SMILES string of the molecule is COc1ccc(CCCC(C)(C)C)c(N2CCC(COc3cccc(C(CC(=O)O)C4CC4)c3)CC2)c1.[H-].[Na+]. The van der Waals surface area contributed by atoms with Crippen molar-refractivity contribution < 1.29 is 50.4 Å². The average Bonchev–Trinajstić information content (AvgIpc) is 3.71. The third-order valence-corrected chi connectivity index (χ3v) is 7.98. The van der Waals surface area contributed by atoms with Crippen LogP contribution in [0.4, 0.5) is 5.69 Å². The molecule has 6 heteroatoms. The first-order valence-electron chi connectivity index (χ1n) is 14.1. The Morgan fingerprint density at radius 3 is 2.45 bits per heavy atom. The number of methoxy groups -OCH3 is 1. The monoisotopic (exact) mass is 531 g/mol. The van der Waals surface area contributed by atoms with Crippen molar-refractivity contribution in [3.63, 3.8) is 0 Å². The molecule has 1 saturated heterocycles. The molecule has 5 nitrogen and oxygen atoms in total. The number of benzene rings is 2. The van der Waals surface area contributed by atoms with Gasteiger partial charge in [-0.2, -0.15) is 0 Å². The van der Waals surface area contributed by atoms with Crippen LogP contribution in [0.5, 0.6) is 11.5 Å². The van der Waals surface area contributed by atoms with Crippen LogP contribution >= 0.6 is 0 Å². The molecule has 0 bridgehead atoms. The standard InChI is InChI=1S/C32H45NO4.Na.H/c1-32(2,3)16-6-8-25-12-13-27(36-4)20-30(25)33-17-14-23(15-18-33)22-37-28-9-5-7-26(19-28)29(21-31(34)35)24-10-11-24;;/h5,7,9,12-13,19-20,23-24,29H,6,8,10-11,14-18,21-22H2,1-4H3,(H,34,35);;/q;+1;-1. The molecule has 1 atom stereocenters. The van der Waals surface area contributed by atoms with Gasteiger partial charge in [-0.05, 0) is 97.4 Å². The van der Waals surface area contributed by atoms with E-state index in [4.69, 9.17) is 9.47 Å². The molecule has 0 spiro atoms. The van der Waals surface area contributed by atoms with Crippen LogP contribution in [-0.4, -0.2) is 37.9 Å². The van der Waals surface area contributed by atoms with Gasteiger partial charge in [0.1, 0.15) is 11.5 Å². The molecule has 0 aromatic heterocycles. The van der Waals surface area contributed by atoms with Gasteiger partial charge in [-0.15, -0.1) is 0 Å². The quantitative estimate of drug-likeness (QED) is 0.411. The maximum Gasteiger partial charge on any atom is 1.00 e. The van der Waals surface area contributed by atoms with E-state index < -0.39 is 5.97 Å². The van der Waals surface area contributed by atoms with Crippen molar-refractivity contribution in [2.75, 3.05) is 31.7 Å². The summed E-state index contributed by atoms with van der Waals surface area (Å²) in [6.45, 7) is 9.69. The van der Waals surface area contributed by atoms with Gasteiger partial charge < -0.3 is 20.9 Å². The Bertz CT molecular complexity index is 1040. The van der Waals surface area contributed by atoms with E-state index in [0.29, 0.717) is 23.9 Å². The predicted molar refractivity (Wildman–Crippen MR) is 151 cm³/mol. The number of anilines is 1. The van der Waals surface area contributed by atoms with Gasteiger partial charge in [-0.3, -0.25) is 4.79 Å². The van der Waals surface area contributed by atoms with Gasteiger partial charge in [0.05, 0.1) is 20.1 Å². The number of ether oxygens (including phenoxy) is 2. The normalized spacial score (nSPS) is 17.0. The summed E-state index contributed by atoms with van der Waals surface area (Å²) in [4.78, 5) is 13.9. The van der Waals surface area contributed by atoms with Crippen molar-refractivity contribution in [1.29, 1.82) is 0 Å². The van der Waals surface area contributed by atoms with Gasteiger partial charge in [-0.1, -0.05) is 39.0 Å². The molecule has 2 aliphatic rings. The van der Waals surface area contributed by atoms with E-state index >= 15 is 0 Å². The minimum absolute atomic E-state index is 0. The molecule has 1 unspecified atom stereocenters. The number of aliphatic carboxylic acids is 1. The van der Waals surface area contributed by atoms with Gasteiger partial charge in [-0.25, -0.2) is 0 Å². The van der Waals surface area contributed by atoms with Crippen molar-refractivity contribution in [3.8, 4) is 11.5 Å². The number of carboxylic acids is 1. The molecule has 2 aromatic carbocycles. The van der Waals surface area contributed by atoms with Gasteiger partial charge in [0, 0.05) is 24.8 Å². The number of piperidine rings is 1. The zero-order valence-corrected chi connectivity index (χ0v) is 26.2. The molecular formula is C32H46NNaO4. The van der Waals surface area contributed by atoms with Crippen LogP contribution in [0.15, 0.2) is 42.5 Å². The molecular weight excluding hydrogens is 485 g/mol. The third kappa shape index (κ3) is 9.20. The smallest absolute Gasteiger partial charge is 1.00 e. The summed E-state index contributed by atoms with van der Waals surface area (Å²) in [6, 6.07) is 14.7. The van der Waals surface area contributed by atoms with Crippen LogP contribution in [0.3, 0.4) is 0 Å². The van der Waals surface area contributed by atoms with E-state index in [1.54, 1.807) is 7.11 Å². The van der Waals surface area contributed by atoms with Crippen LogP contribution in [0.2, 0.25) is 0 Å². The van der Waals surface area contributed by atoms with Crippen LogP contribution in [-0.2, 0) is 11.2 Å². The number of aryl methyl sites for hydroxylation is 1. The summed E-state index contributed by atoms with van der Waals surface area (Å²) in [6.07, 6.45) is 8.18. The van der Waals surface area contributed by atoms with Gasteiger partial charge >= 0.3 is 35.5 Å². The molecule has 1 saturated carbocycles. The third-order valence-electron chi connectivity index (χ3n) is 7.98. The van der Waals surface area contributed by atoms with Crippen molar-refractivity contribution in [2.24, 2.45) is 17.3 Å². The first-order chi connectivity index (χ1) is 17.7. The van der Waals surface area contributed by atoms with E-state index in [9.17, 15) is 9.90 Å². The van der Waals surface area contributed by atoms with E-state index in [2.05, 4.69) is 56.0 Å². The Morgan fingerprint density at radius 1 is 1.08 bits per heavy atom. The fourth-order valence-corrected chi connectivity index (χ4v) is 5.62. The zero-order valence-electron chi connectivity index (χ0n) is 25.2. The molecule has 1 N–H and O–H groups in total. The molecule has 2 aromatic rings. The van der Waals surface area contributed by atoms with Gasteiger partial charge in [0.25, 0.3) is 0 Å². The summed E-state index contributed by atoms with van der Waals surface area (Å²) in [7, 11) is 1.74. The molecule has 1 aliphatic heterocycles. The number of carboxylic acid groups (broad SMARTS) is 1. The maximum atomic E-state index is 11.4. The largest absolute Gasteiger partial charge is 1.00 e. The van der Waals surface area contributed by atoms with Gasteiger partial charge in [0.2, 0.25) is 0 Å². The second-order valence-electron chi connectivity index (χ2n) is 12.3. The van der Waals surface area contributed by atoms with E-state index in [-0.39, 0.29) is 43.3 Å². The second-order valence-corrected chi connectivity index (χ2v) is 12.3. The number of hydrogen-bond donors (Lipinski definition) is 1. The summed E-state index contributed by atoms with van der Waals surface area (Å²) in [5.74, 6) is 2.20. The van der Waals surface area contributed by atoms with E-state index in [1.165, 1.54) is 24.1 Å². The average molecular weight is 532 g/mol. The van der Waals surface area contributed by atoms with Crippen LogP contribution < -0.4 is 43.9 Å². The molecule has 38 heavy (non-hydrogen) atoms. The number of rotatable bonds is 12. The fourth-order valence-electron chi connectivity index (χ4n) is 5.62. The minimum atomic E-state index is -0.719. The Kier molecular flexibility index (Phi) is 11.4. The topological polar surface area (TPSA) is 59.0 Å². The number of nitrogens with zero attached hydrogens (tertiary/aromatic N) is 1. The fraction of sp³-hybridized carbons (Fsp3) is 0.594. The molecule has 0 amide bonds. The Morgan fingerprint density at radius 2 is 1.82 bits per heavy atom. The minimum Gasteiger partial charge on any atom is -1.00 e. The molecule has 0 radical (unpaired) electrons. The van der Waals surface area contributed by atoms with Crippen LogP contribution in [0, 0.1) is 17.3 Å². The molecule has 1 aliphatic carbocycles. The van der Waals surface area contributed by atoms with Crippen molar-refractivity contribution >= 4 is 11.7 Å². The number of hydrogen-bond acceptors (Lipinski definition) is 4. The van der Waals surface area contributed by atoms with Crippen molar-refractivity contribution in [2.45, 2.75) is 78.1 Å². The molecule has 4 rings (SSSR count). The summed E-state index contributed by atoms with van der Waals surface area (Å²) in [5.41, 5.74) is 4.21. The summed E-state index contributed by atoms with van der Waals surface area (Å²) < 4.78 is 11.8. The van der Waals surface area contributed by atoms with E-state index in [0.717, 1.165) is 62.3 Å². The first kappa shape index (κ1) is 30.8. The maximum absolute atomic E-state index is 11.4. The molecule has 1 heterocycles. The van der Waals surface area contributed by atoms with Crippen LogP contribution in [0.1, 0.15) is 84.2 Å². The Hall–Kier alpha value is -1.69. The first-order valence-corrected chi connectivity index (χ1v) is 14.1. The van der Waals surface area contributed by atoms with Crippen molar-refractivity contribution in [3.05, 3.63) is 53.6 Å². The molecule has 204 valence electrons. The second kappa shape index (κ2) is 14.1. The Balaban J connectivity index is 0.00000267. The summed E-state index contributed by atoms with van der Waals surface area (Å²) in [5, 5.41) is 9.35. The van der Waals surface area contributed by atoms with E-state index in [1.807, 2.05) is 12.1 Å². The molecule has 2 fully saturated rings. The van der Waals surface area contributed by atoms with Crippen molar-refractivity contribution in [1.82, 2.24) is 0 Å². The predicted octanol–water partition coefficient (Wildman–Crippen LogP) is 4.44. The zero-order chi connectivity index (χ0) is 26.4. The number of carbonyl (C=O) groups is 1. The van der Waals surface area contributed by atoms with Crippen LogP contribution in [0.25, 0.3) is 0 Å².